The first kappa shape index (κ1) is 17.5. The van der Waals surface area contributed by atoms with Crippen LogP contribution in [0.25, 0.3) is 0 Å². The Morgan fingerprint density at radius 2 is 2.38 bits per heavy atom. The Labute approximate surface area is 157 Å². The Hall–Kier alpha value is -1.88. The monoisotopic (exact) mass is 373 g/mol. The lowest BCUT2D eigenvalue weighted by Gasteiger charge is -2.36. The molecule has 1 aliphatic carbocycles. The highest BCUT2D eigenvalue weighted by atomic mass is 32.2. The van der Waals surface area contributed by atoms with Crippen LogP contribution in [0.5, 0.6) is 11.5 Å². The number of nitrogens with one attached hydrogen (secondary N) is 1. The number of rotatable bonds is 4. The summed E-state index contributed by atoms with van der Waals surface area (Å²) in [5.74, 6) is 1.55. The van der Waals surface area contributed by atoms with Gasteiger partial charge in [-0.15, -0.1) is 11.8 Å². The summed E-state index contributed by atoms with van der Waals surface area (Å²) in [7, 11) is 1.66. The standard InChI is InChI=1S/C19H23N3O3S/c1-24-14-4-3-12-10-22(18(26-2)21-11-20)8-7-19-6-5-13(23)9-15(19)25-17(14)16(12)19/h3-6,13,15,18,21,23H,7-10H2,1-2H3/t13-,15+,18?,19+/m0/s1. The van der Waals surface area contributed by atoms with E-state index in [-0.39, 0.29) is 17.0 Å². The second kappa shape index (κ2) is 6.69. The molecule has 0 saturated heterocycles. The lowest BCUT2D eigenvalue weighted by atomic mass is 9.69. The first-order chi connectivity index (χ1) is 12.6. The molecule has 1 unspecified atom stereocenters. The molecule has 7 heteroatoms. The Morgan fingerprint density at radius 1 is 1.54 bits per heavy atom. The fourth-order valence-corrected chi connectivity index (χ4v) is 5.16. The highest BCUT2D eigenvalue weighted by Gasteiger charge is 2.53. The van der Waals surface area contributed by atoms with Crippen molar-refractivity contribution in [2.75, 3.05) is 19.9 Å². The number of thioether (sulfide) groups is 1. The van der Waals surface area contributed by atoms with Crippen molar-refractivity contribution in [2.24, 2.45) is 0 Å². The molecule has 2 N–H and O–H groups in total. The van der Waals surface area contributed by atoms with Crippen LogP contribution >= 0.6 is 11.8 Å². The van der Waals surface area contributed by atoms with E-state index < -0.39 is 6.10 Å². The van der Waals surface area contributed by atoms with Gasteiger partial charge in [-0.3, -0.25) is 10.2 Å². The van der Waals surface area contributed by atoms with Crippen molar-refractivity contribution >= 4 is 11.8 Å². The van der Waals surface area contributed by atoms with Crippen molar-refractivity contribution < 1.29 is 14.6 Å². The van der Waals surface area contributed by atoms with Crippen LogP contribution < -0.4 is 14.8 Å². The van der Waals surface area contributed by atoms with Gasteiger partial charge >= 0.3 is 0 Å². The molecule has 4 rings (SSSR count). The Kier molecular flexibility index (Phi) is 4.51. The van der Waals surface area contributed by atoms with Gasteiger partial charge in [-0.25, -0.2) is 0 Å². The third-order valence-corrected chi connectivity index (χ3v) is 6.59. The van der Waals surface area contributed by atoms with E-state index in [0.717, 1.165) is 31.0 Å². The minimum atomic E-state index is -0.479. The van der Waals surface area contributed by atoms with E-state index in [2.05, 4.69) is 28.6 Å². The Balaban J connectivity index is 1.82. The fourth-order valence-electron chi connectivity index (χ4n) is 4.51. The summed E-state index contributed by atoms with van der Waals surface area (Å²) in [6.45, 7) is 1.57. The van der Waals surface area contributed by atoms with Gasteiger partial charge < -0.3 is 14.6 Å². The van der Waals surface area contributed by atoms with Gasteiger partial charge in [0.1, 0.15) is 11.6 Å². The van der Waals surface area contributed by atoms with Crippen LogP contribution in [-0.4, -0.2) is 47.6 Å². The minimum Gasteiger partial charge on any atom is -0.493 e. The van der Waals surface area contributed by atoms with Crippen molar-refractivity contribution in [2.45, 2.75) is 42.5 Å². The van der Waals surface area contributed by atoms with Crippen LogP contribution in [0.2, 0.25) is 0 Å². The van der Waals surface area contributed by atoms with Crippen molar-refractivity contribution in [1.82, 2.24) is 10.2 Å². The smallest absolute Gasteiger partial charge is 0.178 e. The first-order valence-corrected chi connectivity index (χ1v) is 10.1. The number of benzene rings is 1. The van der Waals surface area contributed by atoms with E-state index in [1.54, 1.807) is 18.9 Å². The van der Waals surface area contributed by atoms with Crippen molar-refractivity contribution in [3.8, 4) is 17.7 Å². The molecule has 1 aromatic rings. The van der Waals surface area contributed by atoms with Gasteiger partial charge in [0.25, 0.3) is 0 Å². The number of nitriles is 1. The van der Waals surface area contributed by atoms with Gasteiger partial charge in [0.2, 0.25) is 0 Å². The summed E-state index contributed by atoms with van der Waals surface area (Å²) >= 11 is 1.62. The van der Waals surface area contributed by atoms with Gasteiger partial charge in [-0.1, -0.05) is 18.2 Å². The van der Waals surface area contributed by atoms with E-state index in [0.29, 0.717) is 6.42 Å². The van der Waals surface area contributed by atoms with Crippen LogP contribution in [0.1, 0.15) is 24.0 Å². The lowest BCUT2D eigenvalue weighted by molar-refractivity contribution is 0.0801. The molecule has 0 bridgehead atoms. The molecular weight excluding hydrogens is 350 g/mol. The van der Waals surface area contributed by atoms with Gasteiger partial charge in [0, 0.05) is 25.1 Å². The number of nitrogens with zero attached hydrogens (tertiary/aromatic N) is 2. The summed E-state index contributed by atoms with van der Waals surface area (Å²) in [6, 6.07) is 4.06. The average molecular weight is 373 g/mol. The molecule has 0 fully saturated rings. The predicted octanol–water partition coefficient (Wildman–Crippen LogP) is 1.94. The number of hydrogen-bond acceptors (Lipinski definition) is 7. The summed E-state index contributed by atoms with van der Waals surface area (Å²) in [6.07, 6.45) is 8.99. The van der Waals surface area contributed by atoms with E-state index in [9.17, 15) is 5.11 Å². The lowest BCUT2D eigenvalue weighted by Crippen LogP contribution is -2.45. The minimum absolute atomic E-state index is 0.0643. The maximum atomic E-state index is 10.1. The number of hydrogen-bond donors (Lipinski definition) is 2. The molecule has 4 atom stereocenters. The van der Waals surface area contributed by atoms with E-state index in [4.69, 9.17) is 14.7 Å². The highest BCUT2D eigenvalue weighted by Crippen LogP contribution is 2.55. The van der Waals surface area contributed by atoms with Crippen LogP contribution in [0.15, 0.2) is 24.3 Å². The van der Waals surface area contributed by atoms with Crippen LogP contribution in [0.3, 0.4) is 0 Å². The number of methoxy groups -OCH3 is 1. The third kappa shape index (κ3) is 2.56. The van der Waals surface area contributed by atoms with Crippen LogP contribution in [0, 0.1) is 11.5 Å². The zero-order chi connectivity index (χ0) is 18.3. The van der Waals surface area contributed by atoms with Gasteiger partial charge in [0.15, 0.2) is 17.7 Å². The maximum Gasteiger partial charge on any atom is 0.178 e. The molecule has 0 amide bonds. The summed E-state index contributed by atoms with van der Waals surface area (Å²) < 4.78 is 11.9. The molecule has 3 aliphatic rings. The molecule has 0 radical (unpaired) electrons. The summed E-state index contributed by atoms with van der Waals surface area (Å²) in [4.78, 5) is 2.29. The van der Waals surface area contributed by atoms with Crippen LogP contribution in [0.4, 0.5) is 0 Å². The average Bonchev–Trinajstić information content (AvgIpc) is 2.88. The quantitative estimate of drug-likeness (QED) is 0.361. The molecule has 1 spiro atoms. The van der Waals surface area contributed by atoms with E-state index in [1.165, 1.54) is 11.1 Å². The Morgan fingerprint density at radius 3 is 3.12 bits per heavy atom. The molecule has 2 aliphatic heterocycles. The zero-order valence-corrected chi connectivity index (χ0v) is 15.8. The molecule has 1 aromatic carbocycles. The molecule has 6 nitrogen and oxygen atoms in total. The molecular formula is C19H23N3O3S. The predicted molar refractivity (Wildman–Crippen MR) is 99.9 cm³/mol. The molecule has 2 heterocycles. The summed E-state index contributed by atoms with van der Waals surface area (Å²) in [5, 5.41) is 22.1. The largest absolute Gasteiger partial charge is 0.493 e. The molecule has 0 saturated carbocycles. The molecule has 138 valence electrons. The van der Waals surface area contributed by atoms with Crippen molar-refractivity contribution in [3.63, 3.8) is 0 Å². The maximum absolute atomic E-state index is 10.1. The second-order valence-electron chi connectivity index (χ2n) is 7.00. The SMILES string of the molecule is COc1ccc2c3c1O[C@@H]1C[C@@H](O)C=C[C@]31CCN(C(NC#N)SC)C2. The molecule has 0 aromatic heterocycles. The zero-order valence-electron chi connectivity index (χ0n) is 14.9. The van der Waals surface area contributed by atoms with Gasteiger partial charge in [-0.05, 0) is 24.3 Å². The highest BCUT2D eigenvalue weighted by molar-refractivity contribution is 7.99. The van der Waals surface area contributed by atoms with Gasteiger partial charge in [-0.2, -0.15) is 5.26 Å². The van der Waals surface area contributed by atoms with E-state index >= 15 is 0 Å². The normalized spacial score (nSPS) is 30.4. The van der Waals surface area contributed by atoms with Gasteiger partial charge in [0.05, 0.1) is 18.6 Å². The third-order valence-electron chi connectivity index (χ3n) is 5.73. The summed E-state index contributed by atoms with van der Waals surface area (Å²) in [5.41, 5.74) is 2.07. The van der Waals surface area contributed by atoms with Crippen molar-refractivity contribution in [3.05, 3.63) is 35.4 Å². The van der Waals surface area contributed by atoms with Crippen molar-refractivity contribution in [1.29, 1.82) is 5.26 Å². The Bertz CT molecular complexity index is 778. The molecule has 26 heavy (non-hydrogen) atoms. The fraction of sp³-hybridized carbons (Fsp3) is 0.526. The topological polar surface area (TPSA) is 77.8 Å². The second-order valence-corrected chi connectivity index (χ2v) is 7.92. The first-order valence-electron chi connectivity index (χ1n) is 8.79. The number of aliphatic hydroxyl groups excluding tert-OH is 1. The number of ether oxygens (including phenoxy) is 2. The number of aliphatic hydroxyl groups is 1. The van der Waals surface area contributed by atoms with Crippen LogP contribution in [-0.2, 0) is 12.0 Å². The van der Waals surface area contributed by atoms with E-state index in [1.807, 2.05) is 18.4 Å².